The van der Waals surface area contributed by atoms with E-state index in [2.05, 4.69) is 0 Å². The van der Waals surface area contributed by atoms with Crippen molar-refractivity contribution in [2.45, 2.75) is 25.7 Å². The maximum absolute atomic E-state index is 11.1. The van der Waals surface area contributed by atoms with Crippen LogP contribution < -0.4 is 0 Å². The molecule has 2 aliphatic rings. The van der Waals surface area contributed by atoms with E-state index in [0.717, 1.165) is 18.8 Å². The van der Waals surface area contributed by atoms with Crippen LogP contribution in [-0.2, 0) is 9.84 Å². The van der Waals surface area contributed by atoms with Crippen LogP contribution in [0.5, 0.6) is 0 Å². The van der Waals surface area contributed by atoms with Crippen molar-refractivity contribution in [2.24, 2.45) is 17.8 Å². The fraction of sp³-hybridized carbons (Fsp3) is 1.00. The van der Waals surface area contributed by atoms with Gasteiger partial charge in [-0.05, 0) is 43.4 Å². The van der Waals surface area contributed by atoms with E-state index in [1.165, 1.54) is 12.8 Å². The summed E-state index contributed by atoms with van der Waals surface area (Å²) in [5.41, 5.74) is 0. The summed E-state index contributed by atoms with van der Waals surface area (Å²) in [5.74, 6) is 2.55. The Hall–Kier alpha value is -0.0900. The summed E-state index contributed by atoms with van der Waals surface area (Å²) in [6.45, 7) is 0.239. The summed E-state index contributed by atoms with van der Waals surface area (Å²) in [4.78, 5) is 0. The monoisotopic (exact) mass is 218 g/mol. The molecule has 14 heavy (non-hydrogen) atoms. The largest absolute Gasteiger partial charge is 0.396 e. The maximum atomic E-state index is 11.1. The Balaban J connectivity index is 1.85. The van der Waals surface area contributed by atoms with Crippen LogP contribution in [0.2, 0.25) is 0 Å². The fourth-order valence-corrected chi connectivity index (χ4v) is 4.26. The minimum Gasteiger partial charge on any atom is -0.396 e. The minimum absolute atomic E-state index is 0.239. The Bertz CT molecular complexity index is 280. The average Bonchev–Trinajstić information content (AvgIpc) is 2.85. The van der Waals surface area contributed by atoms with Crippen LogP contribution in [0.4, 0.5) is 0 Å². The smallest absolute Gasteiger partial charge is 0.150 e. The summed E-state index contributed by atoms with van der Waals surface area (Å²) in [6.07, 6.45) is 4.39. The van der Waals surface area contributed by atoms with Crippen molar-refractivity contribution in [3.63, 3.8) is 0 Å². The van der Waals surface area contributed by atoms with Gasteiger partial charge in [-0.3, -0.25) is 0 Å². The summed E-state index contributed by atoms with van der Waals surface area (Å²) < 4.78 is 22.1. The molecule has 2 rings (SSSR count). The lowest BCUT2D eigenvalue weighted by Gasteiger charge is -2.33. The molecule has 0 aromatic rings. The molecule has 4 heteroatoms. The normalized spacial score (nSPS) is 28.4. The van der Waals surface area contributed by atoms with Gasteiger partial charge in [-0.25, -0.2) is 8.42 Å². The molecule has 1 unspecified atom stereocenters. The van der Waals surface area contributed by atoms with E-state index < -0.39 is 9.84 Å². The Kier molecular flexibility index (Phi) is 2.84. The van der Waals surface area contributed by atoms with Gasteiger partial charge in [-0.15, -0.1) is 0 Å². The quantitative estimate of drug-likeness (QED) is 0.743. The highest BCUT2D eigenvalue weighted by Gasteiger charge is 2.44. The van der Waals surface area contributed by atoms with Crippen molar-refractivity contribution >= 4 is 9.84 Å². The molecular weight excluding hydrogens is 200 g/mol. The second-order valence-corrected chi connectivity index (χ2v) is 6.86. The molecule has 1 saturated carbocycles. The molecule has 1 atom stereocenters. The van der Waals surface area contributed by atoms with Gasteiger partial charge in [-0.2, -0.15) is 0 Å². The van der Waals surface area contributed by atoms with Gasteiger partial charge in [0.1, 0.15) is 0 Å². The van der Waals surface area contributed by atoms with E-state index in [9.17, 15) is 8.42 Å². The van der Waals surface area contributed by atoms with Crippen molar-refractivity contribution in [1.29, 1.82) is 0 Å². The zero-order valence-electron chi connectivity index (χ0n) is 8.35. The lowest BCUT2D eigenvalue weighted by molar-refractivity contribution is 0.238. The number of hydrogen-bond donors (Lipinski definition) is 1. The highest BCUT2D eigenvalue weighted by molar-refractivity contribution is 7.92. The summed E-state index contributed by atoms with van der Waals surface area (Å²) >= 11 is 0. The topological polar surface area (TPSA) is 54.4 Å². The van der Waals surface area contributed by atoms with Gasteiger partial charge in [0.2, 0.25) is 0 Å². The van der Waals surface area contributed by atoms with Crippen LogP contribution in [0.1, 0.15) is 25.7 Å². The van der Waals surface area contributed by atoms with Gasteiger partial charge in [-0.1, -0.05) is 0 Å². The molecule has 0 aromatic carbocycles. The first-order valence-electron chi connectivity index (χ1n) is 5.43. The van der Waals surface area contributed by atoms with E-state index in [1.54, 1.807) is 0 Å². The molecule has 1 N–H and O–H groups in total. The summed E-state index contributed by atoms with van der Waals surface area (Å²) in [5, 5.41) is 8.77. The average molecular weight is 218 g/mol. The Morgan fingerprint density at radius 1 is 1.21 bits per heavy atom. The van der Waals surface area contributed by atoms with E-state index >= 15 is 0 Å². The molecule has 0 spiro atoms. The zero-order valence-corrected chi connectivity index (χ0v) is 9.17. The van der Waals surface area contributed by atoms with E-state index in [4.69, 9.17) is 5.11 Å². The van der Waals surface area contributed by atoms with E-state index in [-0.39, 0.29) is 6.61 Å². The molecule has 0 aromatic heterocycles. The first-order chi connectivity index (χ1) is 6.62. The summed E-state index contributed by atoms with van der Waals surface area (Å²) in [6, 6.07) is 0. The third-order valence-corrected chi connectivity index (χ3v) is 5.34. The number of aliphatic hydroxyl groups is 1. The molecule has 1 heterocycles. The van der Waals surface area contributed by atoms with Crippen LogP contribution in [-0.4, -0.2) is 31.6 Å². The number of aliphatic hydroxyl groups excluding tert-OH is 1. The molecule has 1 aliphatic heterocycles. The van der Waals surface area contributed by atoms with Crippen molar-refractivity contribution in [3.8, 4) is 0 Å². The lowest BCUT2D eigenvalue weighted by Crippen LogP contribution is -2.41. The first kappa shape index (κ1) is 10.4. The summed E-state index contributed by atoms with van der Waals surface area (Å²) in [7, 11) is -2.67. The van der Waals surface area contributed by atoms with Crippen molar-refractivity contribution < 1.29 is 13.5 Å². The van der Waals surface area contributed by atoms with Crippen LogP contribution in [0.15, 0.2) is 0 Å². The van der Waals surface area contributed by atoms with Crippen LogP contribution in [0, 0.1) is 17.8 Å². The second kappa shape index (κ2) is 3.81. The van der Waals surface area contributed by atoms with Gasteiger partial charge in [0, 0.05) is 6.61 Å². The molecule has 2 fully saturated rings. The zero-order chi connectivity index (χ0) is 10.2. The number of sulfone groups is 1. The predicted molar refractivity (Wildman–Crippen MR) is 54.7 cm³/mol. The van der Waals surface area contributed by atoms with Gasteiger partial charge < -0.3 is 5.11 Å². The standard InChI is InChI=1S/C10H18O3S/c11-5-1-2-10(8-3-4-8)9-6-14(12,13)7-9/h8-11H,1-7H2. The van der Waals surface area contributed by atoms with Crippen LogP contribution in [0.25, 0.3) is 0 Å². The van der Waals surface area contributed by atoms with Crippen LogP contribution >= 0.6 is 0 Å². The molecule has 0 bridgehead atoms. The van der Waals surface area contributed by atoms with Gasteiger partial charge in [0.05, 0.1) is 11.5 Å². The van der Waals surface area contributed by atoms with E-state index in [0.29, 0.717) is 23.3 Å². The second-order valence-electron chi connectivity index (χ2n) is 4.70. The highest BCUT2D eigenvalue weighted by atomic mass is 32.2. The molecule has 3 nitrogen and oxygen atoms in total. The van der Waals surface area contributed by atoms with Crippen molar-refractivity contribution in [1.82, 2.24) is 0 Å². The number of rotatable bonds is 5. The first-order valence-corrected chi connectivity index (χ1v) is 7.26. The Morgan fingerprint density at radius 2 is 1.86 bits per heavy atom. The molecule has 82 valence electrons. The highest BCUT2D eigenvalue weighted by Crippen LogP contribution is 2.45. The molecule has 0 radical (unpaired) electrons. The molecule has 0 amide bonds. The van der Waals surface area contributed by atoms with Crippen LogP contribution in [0.3, 0.4) is 0 Å². The van der Waals surface area contributed by atoms with Gasteiger partial charge in [0.15, 0.2) is 9.84 Å². The fourth-order valence-electron chi connectivity index (χ4n) is 2.56. The Labute approximate surface area is 85.4 Å². The van der Waals surface area contributed by atoms with Crippen molar-refractivity contribution in [2.75, 3.05) is 18.1 Å². The lowest BCUT2D eigenvalue weighted by atomic mass is 9.86. The maximum Gasteiger partial charge on any atom is 0.150 e. The van der Waals surface area contributed by atoms with Gasteiger partial charge >= 0.3 is 0 Å². The minimum atomic E-state index is -2.67. The molecule has 1 saturated heterocycles. The van der Waals surface area contributed by atoms with E-state index in [1.807, 2.05) is 0 Å². The third kappa shape index (κ3) is 2.28. The molecular formula is C10H18O3S. The van der Waals surface area contributed by atoms with Crippen molar-refractivity contribution in [3.05, 3.63) is 0 Å². The number of hydrogen-bond acceptors (Lipinski definition) is 3. The van der Waals surface area contributed by atoms with Gasteiger partial charge in [0.25, 0.3) is 0 Å². The molecule has 1 aliphatic carbocycles. The predicted octanol–water partition coefficient (Wildman–Crippen LogP) is 0.830. The third-order valence-electron chi connectivity index (χ3n) is 3.46. The SMILES string of the molecule is O=S1(=O)CC(C(CCCO)C2CC2)C1. The Morgan fingerprint density at radius 3 is 2.29 bits per heavy atom.